The van der Waals surface area contributed by atoms with Gasteiger partial charge < -0.3 is 18.4 Å². The fraction of sp³-hybridized carbons (Fsp3) is 0.182. The zero-order valence-corrected chi connectivity index (χ0v) is 17.5. The van der Waals surface area contributed by atoms with Gasteiger partial charge in [0.05, 0.1) is 11.3 Å². The highest BCUT2D eigenvalue weighted by molar-refractivity contribution is 6.30. The van der Waals surface area contributed by atoms with Gasteiger partial charge in [-0.1, -0.05) is 28.9 Å². The summed E-state index contributed by atoms with van der Waals surface area (Å²) in [7, 11) is 0. The first-order chi connectivity index (χ1) is 15.0. The van der Waals surface area contributed by atoms with Crippen LogP contribution in [0.1, 0.15) is 33.3 Å². The van der Waals surface area contributed by atoms with E-state index in [1.165, 1.54) is 0 Å². The van der Waals surface area contributed by atoms with E-state index in [9.17, 15) is 4.79 Å². The third kappa shape index (κ3) is 4.75. The Morgan fingerprint density at radius 2 is 1.81 bits per heavy atom. The lowest BCUT2D eigenvalue weighted by molar-refractivity contribution is 0.0433. The molecule has 0 saturated heterocycles. The zero-order valence-electron chi connectivity index (χ0n) is 16.8. The zero-order chi connectivity index (χ0) is 21.8. The minimum Gasteiger partial charge on any atom is -0.488 e. The predicted molar refractivity (Wildman–Crippen MR) is 111 cm³/mol. The summed E-state index contributed by atoms with van der Waals surface area (Å²) in [5, 5.41) is 12.4. The second kappa shape index (κ2) is 9.01. The molecule has 0 radical (unpaired) electrons. The maximum absolute atomic E-state index is 12.6. The van der Waals surface area contributed by atoms with Gasteiger partial charge in [0.15, 0.2) is 6.61 Å². The van der Waals surface area contributed by atoms with Crippen LogP contribution in [0.2, 0.25) is 5.02 Å². The molecule has 0 N–H and O–H groups in total. The first kappa shape index (κ1) is 20.6. The summed E-state index contributed by atoms with van der Waals surface area (Å²) in [4.78, 5) is 12.6. The van der Waals surface area contributed by atoms with Crippen LogP contribution in [-0.2, 0) is 18.0 Å². The lowest BCUT2D eigenvalue weighted by Crippen LogP contribution is -2.08. The van der Waals surface area contributed by atoms with Crippen molar-refractivity contribution in [3.05, 3.63) is 82.0 Å². The highest BCUT2D eigenvalue weighted by Crippen LogP contribution is 2.24. The summed E-state index contributed by atoms with van der Waals surface area (Å²) in [6.45, 7) is 3.69. The van der Waals surface area contributed by atoms with Crippen molar-refractivity contribution in [2.75, 3.05) is 0 Å². The monoisotopic (exact) mass is 439 g/mol. The number of aryl methyl sites for hydroxylation is 2. The molecule has 0 atom stereocenters. The standard InChI is InChI=1S/C22H18ClN3O5/c1-13-18(14(2)31-26-13)11-28-19-6-4-3-5-17(19)22(27)29-12-20-24-25-21(30-20)15-7-9-16(23)10-8-15/h3-10H,11-12H2,1-2H3. The fourth-order valence-electron chi connectivity index (χ4n) is 2.85. The molecule has 2 aromatic carbocycles. The Morgan fingerprint density at radius 1 is 1.03 bits per heavy atom. The highest BCUT2D eigenvalue weighted by atomic mass is 35.5. The molecule has 8 nitrogen and oxygen atoms in total. The van der Waals surface area contributed by atoms with Crippen LogP contribution in [-0.4, -0.2) is 21.3 Å². The molecule has 0 aliphatic heterocycles. The molecule has 9 heteroatoms. The second-order valence-electron chi connectivity index (χ2n) is 6.67. The van der Waals surface area contributed by atoms with E-state index in [-0.39, 0.29) is 24.7 Å². The second-order valence-corrected chi connectivity index (χ2v) is 7.11. The van der Waals surface area contributed by atoms with E-state index in [4.69, 9.17) is 30.0 Å². The number of nitrogens with zero attached hydrogens (tertiary/aromatic N) is 3. The van der Waals surface area contributed by atoms with E-state index < -0.39 is 5.97 Å². The lowest BCUT2D eigenvalue weighted by Gasteiger charge is -2.10. The molecule has 0 unspecified atom stereocenters. The van der Waals surface area contributed by atoms with Crippen molar-refractivity contribution in [2.24, 2.45) is 0 Å². The third-order valence-corrected chi connectivity index (χ3v) is 4.80. The van der Waals surface area contributed by atoms with Crippen molar-refractivity contribution in [2.45, 2.75) is 27.1 Å². The quantitative estimate of drug-likeness (QED) is 0.373. The number of para-hydroxylation sites is 1. The Morgan fingerprint density at radius 3 is 2.55 bits per heavy atom. The van der Waals surface area contributed by atoms with Gasteiger partial charge in [-0.05, 0) is 50.2 Å². The van der Waals surface area contributed by atoms with Crippen LogP contribution < -0.4 is 4.74 Å². The van der Waals surface area contributed by atoms with E-state index >= 15 is 0 Å². The molecule has 0 aliphatic carbocycles. The number of carbonyl (C=O) groups is 1. The van der Waals surface area contributed by atoms with Gasteiger partial charge in [-0.25, -0.2) is 4.79 Å². The van der Waals surface area contributed by atoms with Gasteiger partial charge in [-0.2, -0.15) is 0 Å². The number of ether oxygens (including phenoxy) is 2. The summed E-state index contributed by atoms with van der Waals surface area (Å²) in [5.74, 6) is 0.976. The van der Waals surface area contributed by atoms with Gasteiger partial charge in [0.2, 0.25) is 5.89 Å². The summed E-state index contributed by atoms with van der Waals surface area (Å²) in [6, 6.07) is 13.8. The van der Waals surface area contributed by atoms with E-state index in [1.54, 1.807) is 48.5 Å². The summed E-state index contributed by atoms with van der Waals surface area (Å²) in [5.41, 5.74) is 2.58. The molecule has 0 fully saturated rings. The van der Waals surface area contributed by atoms with Crippen molar-refractivity contribution in [1.29, 1.82) is 0 Å². The van der Waals surface area contributed by atoms with Crippen LogP contribution in [0.5, 0.6) is 5.75 Å². The number of carbonyl (C=O) groups excluding carboxylic acids is 1. The van der Waals surface area contributed by atoms with Gasteiger partial charge in [-0.15, -0.1) is 10.2 Å². The van der Waals surface area contributed by atoms with Gasteiger partial charge >= 0.3 is 5.97 Å². The molecule has 4 aromatic rings. The maximum atomic E-state index is 12.6. The maximum Gasteiger partial charge on any atom is 0.342 e. The Kier molecular flexibility index (Phi) is 5.99. The van der Waals surface area contributed by atoms with Crippen LogP contribution >= 0.6 is 11.6 Å². The number of benzene rings is 2. The molecule has 0 saturated carbocycles. The lowest BCUT2D eigenvalue weighted by atomic mass is 10.2. The molecular weight excluding hydrogens is 422 g/mol. The van der Waals surface area contributed by atoms with E-state index in [0.29, 0.717) is 28.0 Å². The number of esters is 1. The first-order valence-corrected chi connectivity index (χ1v) is 9.78. The summed E-state index contributed by atoms with van der Waals surface area (Å²) in [6.07, 6.45) is 0. The third-order valence-electron chi connectivity index (χ3n) is 4.54. The minimum atomic E-state index is -0.569. The van der Waals surface area contributed by atoms with Crippen molar-refractivity contribution in [3.63, 3.8) is 0 Å². The average Bonchev–Trinajstić information content (AvgIpc) is 3.38. The van der Waals surface area contributed by atoms with Gasteiger partial charge in [0, 0.05) is 10.6 Å². The molecule has 4 rings (SSSR count). The Hall–Kier alpha value is -3.65. The van der Waals surface area contributed by atoms with E-state index in [1.807, 2.05) is 13.8 Å². The van der Waals surface area contributed by atoms with E-state index in [0.717, 1.165) is 11.3 Å². The van der Waals surface area contributed by atoms with Gasteiger partial charge in [0.1, 0.15) is 23.7 Å². The predicted octanol–water partition coefficient (Wildman–Crippen LogP) is 4.93. The van der Waals surface area contributed by atoms with Crippen LogP contribution in [0.3, 0.4) is 0 Å². The summed E-state index contributed by atoms with van der Waals surface area (Å²) >= 11 is 5.88. The van der Waals surface area contributed by atoms with Crippen molar-refractivity contribution in [3.8, 4) is 17.2 Å². The molecule has 158 valence electrons. The number of rotatable bonds is 7. The van der Waals surface area contributed by atoms with Crippen molar-refractivity contribution in [1.82, 2.24) is 15.4 Å². The van der Waals surface area contributed by atoms with Gasteiger partial charge in [0.25, 0.3) is 5.89 Å². The van der Waals surface area contributed by atoms with Crippen molar-refractivity contribution < 1.29 is 23.2 Å². The van der Waals surface area contributed by atoms with E-state index in [2.05, 4.69) is 15.4 Å². The first-order valence-electron chi connectivity index (χ1n) is 9.40. The van der Waals surface area contributed by atoms with Crippen LogP contribution in [0.25, 0.3) is 11.5 Å². The molecule has 0 aliphatic rings. The van der Waals surface area contributed by atoms with Crippen LogP contribution in [0.15, 0.2) is 57.5 Å². The Balaban J connectivity index is 1.41. The minimum absolute atomic E-state index is 0.169. The van der Waals surface area contributed by atoms with Crippen LogP contribution in [0, 0.1) is 13.8 Å². The highest BCUT2D eigenvalue weighted by Gasteiger charge is 2.17. The fourth-order valence-corrected chi connectivity index (χ4v) is 2.97. The molecule has 31 heavy (non-hydrogen) atoms. The van der Waals surface area contributed by atoms with Crippen molar-refractivity contribution >= 4 is 17.6 Å². The molecule has 0 bridgehead atoms. The number of hydrogen-bond acceptors (Lipinski definition) is 8. The molecule has 2 aromatic heterocycles. The average molecular weight is 440 g/mol. The van der Waals surface area contributed by atoms with Gasteiger partial charge in [-0.3, -0.25) is 0 Å². The normalized spacial score (nSPS) is 10.8. The number of aromatic nitrogens is 3. The number of hydrogen-bond donors (Lipinski definition) is 0. The summed E-state index contributed by atoms with van der Waals surface area (Å²) < 4.78 is 21.9. The SMILES string of the molecule is Cc1noc(C)c1COc1ccccc1C(=O)OCc1nnc(-c2ccc(Cl)cc2)o1. The molecule has 0 spiro atoms. The molecule has 0 amide bonds. The topological polar surface area (TPSA) is 100 Å². The Bertz CT molecular complexity index is 1180. The van der Waals surface area contributed by atoms with Crippen LogP contribution in [0.4, 0.5) is 0 Å². The number of halogens is 1. The largest absolute Gasteiger partial charge is 0.488 e. The molecule has 2 heterocycles. The Labute approximate surface area is 182 Å². The molecular formula is C22H18ClN3O5. The smallest absolute Gasteiger partial charge is 0.342 e.